The lowest BCUT2D eigenvalue weighted by molar-refractivity contribution is -0.146. The molecule has 0 saturated carbocycles. The highest BCUT2D eigenvalue weighted by atomic mass is 35.5. The van der Waals surface area contributed by atoms with Gasteiger partial charge < -0.3 is 10.0 Å². The van der Waals surface area contributed by atoms with Crippen molar-refractivity contribution >= 4 is 17.6 Å². The minimum Gasteiger partial charge on any atom is -0.481 e. The molecule has 0 spiro atoms. The Morgan fingerprint density at radius 2 is 2.11 bits per heavy atom. The second-order valence-electron chi connectivity index (χ2n) is 4.92. The molecule has 1 N–H and O–H groups in total. The van der Waals surface area contributed by atoms with Crippen LogP contribution in [0.1, 0.15) is 25.3 Å². The van der Waals surface area contributed by atoms with Crippen molar-refractivity contribution in [2.24, 2.45) is 0 Å². The summed E-state index contributed by atoms with van der Waals surface area (Å²) in [5.74, 6) is -1.52. The Balaban J connectivity index is 2.44. The lowest BCUT2D eigenvalue weighted by Gasteiger charge is -2.39. The number of benzene rings is 1. The first-order valence-electron chi connectivity index (χ1n) is 6.41. The van der Waals surface area contributed by atoms with Crippen molar-refractivity contribution in [3.63, 3.8) is 0 Å². The smallest absolute Gasteiger partial charge is 0.314 e. The van der Waals surface area contributed by atoms with E-state index in [9.17, 15) is 14.3 Å². The zero-order chi connectivity index (χ0) is 14.0. The van der Waals surface area contributed by atoms with Crippen molar-refractivity contribution in [2.75, 3.05) is 19.6 Å². The molecule has 0 bridgehead atoms. The van der Waals surface area contributed by atoms with Crippen LogP contribution in [0, 0.1) is 5.82 Å². The minimum atomic E-state index is -1.20. The first kappa shape index (κ1) is 14.3. The quantitative estimate of drug-likeness (QED) is 0.928. The average molecular weight is 286 g/mol. The lowest BCUT2D eigenvalue weighted by Crippen LogP contribution is -2.47. The number of piperidine rings is 1. The number of carbonyl (C=O) groups is 1. The molecule has 1 aliphatic rings. The van der Waals surface area contributed by atoms with Crippen LogP contribution in [0.3, 0.4) is 0 Å². The van der Waals surface area contributed by atoms with E-state index in [0.29, 0.717) is 25.9 Å². The maximum atomic E-state index is 14.1. The number of likely N-dealkylation sites (tertiary alicyclic amines) is 1. The van der Waals surface area contributed by atoms with Crippen LogP contribution in [0.4, 0.5) is 4.39 Å². The lowest BCUT2D eigenvalue weighted by atomic mass is 9.72. The van der Waals surface area contributed by atoms with E-state index in [0.717, 1.165) is 6.54 Å². The minimum absolute atomic E-state index is 0.139. The van der Waals surface area contributed by atoms with Crippen molar-refractivity contribution in [3.8, 4) is 0 Å². The molecule has 1 heterocycles. The number of nitrogens with zero attached hydrogens (tertiary/aromatic N) is 1. The summed E-state index contributed by atoms with van der Waals surface area (Å²) < 4.78 is 14.1. The molecule has 5 heteroatoms. The molecule has 3 nitrogen and oxygen atoms in total. The molecule has 1 aromatic rings. The van der Waals surface area contributed by atoms with Gasteiger partial charge in [0.15, 0.2) is 0 Å². The van der Waals surface area contributed by atoms with Gasteiger partial charge in [0, 0.05) is 10.6 Å². The molecule has 19 heavy (non-hydrogen) atoms. The Kier molecular flexibility index (Phi) is 4.11. The molecule has 0 amide bonds. The summed E-state index contributed by atoms with van der Waals surface area (Å²) in [6, 6.07) is 4.33. The molecular weight excluding hydrogens is 269 g/mol. The van der Waals surface area contributed by atoms with Gasteiger partial charge in [-0.05, 0) is 44.6 Å². The third kappa shape index (κ3) is 2.47. The van der Waals surface area contributed by atoms with E-state index in [1.54, 1.807) is 6.07 Å². The van der Waals surface area contributed by atoms with Crippen LogP contribution >= 0.6 is 11.6 Å². The van der Waals surface area contributed by atoms with E-state index in [2.05, 4.69) is 4.90 Å². The molecule has 1 aromatic carbocycles. The summed E-state index contributed by atoms with van der Waals surface area (Å²) in [6.45, 7) is 4.20. The second kappa shape index (κ2) is 5.47. The Hall–Kier alpha value is -1.13. The van der Waals surface area contributed by atoms with Gasteiger partial charge in [-0.15, -0.1) is 0 Å². The normalized spacial score (nSPS) is 19.3. The van der Waals surface area contributed by atoms with Gasteiger partial charge in [-0.2, -0.15) is 0 Å². The maximum Gasteiger partial charge on any atom is 0.314 e. The van der Waals surface area contributed by atoms with Crippen molar-refractivity contribution in [1.29, 1.82) is 0 Å². The standard InChI is InChI=1S/C14H17ClFNO2/c1-2-17-8-6-14(7-9-17,13(18)19)12-10(15)4-3-5-11(12)16/h3-5H,2,6-9H2,1H3,(H,18,19). The first-order valence-corrected chi connectivity index (χ1v) is 6.79. The Labute approximate surface area is 117 Å². The zero-order valence-electron chi connectivity index (χ0n) is 10.8. The van der Waals surface area contributed by atoms with Gasteiger partial charge in [-0.1, -0.05) is 24.6 Å². The number of rotatable bonds is 3. The first-order chi connectivity index (χ1) is 9.01. The van der Waals surface area contributed by atoms with Gasteiger partial charge in [0.1, 0.15) is 5.82 Å². The number of aliphatic carboxylic acids is 1. The van der Waals surface area contributed by atoms with Crippen LogP contribution in [-0.4, -0.2) is 35.6 Å². The number of hydrogen-bond acceptors (Lipinski definition) is 2. The Morgan fingerprint density at radius 1 is 1.47 bits per heavy atom. The number of carboxylic acid groups (broad SMARTS) is 1. The molecule has 1 aliphatic heterocycles. The molecule has 0 radical (unpaired) electrons. The van der Waals surface area contributed by atoms with Crippen LogP contribution in [0.2, 0.25) is 5.02 Å². The SMILES string of the molecule is CCN1CCC(C(=O)O)(c2c(F)cccc2Cl)CC1. The van der Waals surface area contributed by atoms with Gasteiger partial charge in [-0.3, -0.25) is 4.79 Å². The number of hydrogen-bond donors (Lipinski definition) is 1. The van der Waals surface area contributed by atoms with Crippen LogP contribution in [0.15, 0.2) is 18.2 Å². The Bertz CT molecular complexity index is 464. The Morgan fingerprint density at radius 3 is 2.58 bits per heavy atom. The zero-order valence-corrected chi connectivity index (χ0v) is 11.6. The molecule has 0 atom stereocenters. The molecule has 1 fully saturated rings. The third-order valence-corrected chi connectivity index (χ3v) is 4.32. The van der Waals surface area contributed by atoms with Gasteiger partial charge >= 0.3 is 5.97 Å². The van der Waals surface area contributed by atoms with Gasteiger partial charge in [0.05, 0.1) is 5.41 Å². The van der Waals surface area contributed by atoms with Crippen LogP contribution in [0.5, 0.6) is 0 Å². The number of halogens is 2. The highest BCUT2D eigenvalue weighted by molar-refractivity contribution is 6.31. The summed E-state index contributed by atoms with van der Waals surface area (Å²) in [7, 11) is 0. The summed E-state index contributed by atoms with van der Waals surface area (Å²) >= 11 is 6.05. The largest absolute Gasteiger partial charge is 0.481 e. The highest BCUT2D eigenvalue weighted by Crippen LogP contribution is 2.40. The van der Waals surface area contributed by atoms with Crippen LogP contribution in [-0.2, 0) is 10.2 Å². The topological polar surface area (TPSA) is 40.5 Å². The highest BCUT2D eigenvalue weighted by Gasteiger charge is 2.45. The average Bonchev–Trinajstić information content (AvgIpc) is 2.39. The van der Waals surface area contributed by atoms with E-state index in [-0.39, 0.29) is 10.6 Å². The van der Waals surface area contributed by atoms with Crippen LogP contribution < -0.4 is 0 Å². The fraction of sp³-hybridized carbons (Fsp3) is 0.500. The van der Waals surface area contributed by atoms with Crippen LogP contribution in [0.25, 0.3) is 0 Å². The number of carboxylic acids is 1. The molecule has 0 aliphatic carbocycles. The fourth-order valence-corrected chi connectivity index (χ4v) is 3.12. The van der Waals surface area contributed by atoms with Crippen molar-refractivity contribution in [3.05, 3.63) is 34.6 Å². The van der Waals surface area contributed by atoms with Gasteiger partial charge in [-0.25, -0.2) is 4.39 Å². The molecule has 1 saturated heterocycles. The third-order valence-electron chi connectivity index (χ3n) is 4.01. The van der Waals surface area contributed by atoms with Gasteiger partial charge in [0.25, 0.3) is 0 Å². The van der Waals surface area contributed by atoms with E-state index >= 15 is 0 Å². The summed E-state index contributed by atoms with van der Waals surface area (Å²) in [5.41, 5.74) is -1.06. The fourth-order valence-electron chi connectivity index (χ4n) is 2.78. The van der Waals surface area contributed by atoms with Crippen molar-refractivity contribution in [1.82, 2.24) is 4.90 Å². The molecule has 2 rings (SSSR count). The predicted molar refractivity (Wildman–Crippen MR) is 72.1 cm³/mol. The van der Waals surface area contributed by atoms with Crippen molar-refractivity contribution in [2.45, 2.75) is 25.2 Å². The summed E-state index contributed by atoms with van der Waals surface area (Å²) in [4.78, 5) is 13.9. The van der Waals surface area contributed by atoms with E-state index in [1.165, 1.54) is 12.1 Å². The summed E-state index contributed by atoms with van der Waals surface area (Å²) in [5, 5.41) is 9.81. The molecule has 0 unspecified atom stereocenters. The summed E-state index contributed by atoms with van der Waals surface area (Å²) in [6.07, 6.45) is 0.771. The van der Waals surface area contributed by atoms with Gasteiger partial charge in [0.2, 0.25) is 0 Å². The second-order valence-corrected chi connectivity index (χ2v) is 5.33. The maximum absolute atomic E-state index is 14.1. The predicted octanol–water partition coefficient (Wildman–Crippen LogP) is 2.92. The molecule has 0 aromatic heterocycles. The van der Waals surface area contributed by atoms with E-state index < -0.39 is 17.2 Å². The van der Waals surface area contributed by atoms with E-state index in [1.807, 2.05) is 6.92 Å². The monoisotopic (exact) mass is 285 g/mol. The molecular formula is C14H17ClFNO2. The van der Waals surface area contributed by atoms with Crippen molar-refractivity contribution < 1.29 is 14.3 Å². The van der Waals surface area contributed by atoms with E-state index in [4.69, 9.17) is 11.6 Å². The molecule has 104 valence electrons.